The molecule has 0 saturated heterocycles. The second kappa shape index (κ2) is 8.71. The maximum absolute atomic E-state index is 11.8. The van der Waals surface area contributed by atoms with E-state index in [0.29, 0.717) is 34.5 Å². The molecule has 0 aliphatic carbocycles. The second-order valence-corrected chi connectivity index (χ2v) is 8.25. The smallest absolute Gasteiger partial charge is 0.278 e. The van der Waals surface area contributed by atoms with Crippen LogP contribution in [0.15, 0.2) is 41.6 Å². The molecule has 1 heterocycles. The Morgan fingerprint density at radius 2 is 1.96 bits per heavy atom. The van der Waals surface area contributed by atoms with E-state index < -0.39 is 9.05 Å². The Bertz CT molecular complexity index is 858. The zero-order valence-corrected chi connectivity index (χ0v) is 15.8. The van der Waals surface area contributed by atoms with Crippen LogP contribution in [0.1, 0.15) is 12.8 Å². The molecule has 6 nitrogen and oxygen atoms in total. The van der Waals surface area contributed by atoms with E-state index in [2.05, 4.69) is 10.3 Å². The minimum atomic E-state index is -3.89. The van der Waals surface area contributed by atoms with Gasteiger partial charge in [0.1, 0.15) is 5.75 Å². The predicted molar refractivity (Wildman–Crippen MR) is 97.1 cm³/mol. The highest BCUT2D eigenvalue weighted by atomic mass is 35.7. The molecule has 1 aromatic heterocycles. The molecule has 1 N–H and O–H groups in total. The van der Waals surface area contributed by atoms with E-state index in [1.807, 2.05) is 0 Å². The largest absolute Gasteiger partial charge is 0.492 e. The molecule has 0 aliphatic rings. The molecule has 0 atom stereocenters. The molecule has 0 radical (unpaired) electrons. The number of aromatic nitrogens is 1. The molecule has 0 saturated carbocycles. The van der Waals surface area contributed by atoms with Crippen molar-refractivity contribution in [3.05, 3.63) is 46.6 Å². The van der Waals surface area contributed by atoms with Crippen molar-refractivity contribution in [1.82, 2.24) is 4.98 Å². The van der Waals surface area contributed by atoms with Crippen LogP contribution in [-0.4, -0.2) is 25.9 Å². The quantitative estimate of drug-likeness (QED) is 0.535. The van der Waals surface area contributed by atoms with Gasteiger partial charge in [0.05, 0.1) is 23.5 Å². The van der Waals surface area contributed by atoms with Crippen LogP contribution < -0.4 is 10.1 Å². The number of carbonyl (C=O) groups excluding carboxylic acids is 1. The number of halogens is 3. The molecule has 0 unspecified atom stereocenters. The normalized spacial score (nSPS) is 11.2. The minimum Gasteiger partial charge on any atom is -0.492 e. The predicted octanol–water partition coefficient (Wildman–Crippen LogP) is 4.11. The average Bonchev–Trinajstić information content (AvgIpc) is 2.53. The first-order valence-electron chi connectivity index (χ1n) is 7.04. The van der Waals surface area contributed by atoms with Crippen LogP contribution >= 0.6 is 33.9 Å². The van der Waals surface area contributed by atoms with E-state index in [-0.39, 0.29) is 17.4 Å². The number of amides is 1. The van der Waals surface area contributed by atoms with Crippen LogP contribution in [0.25, 0.3) is 0 Å². The summed E-state index contributed by atoms with van der Waals surface area (Å²) in [6, 6.07) is 7.51. The van der Waals surface area contributed by atoms with Crippen LogP contribution in [0.4, 0.5) is 5.69 Å². The summed E-state index contributed by atoms with van der Waals surface area (Å²) in [4.78, 5) is 15.5. The molecule has 134 valence electrons. The SMILES string of the molecule is O=C(CCCOc1ccc(Cl)cc1Cl)Nc1ccc(S(=O)(=O)Cl)nc1. The van der Waals surface area contributed by atoms with Crippen LogP contribution in [0, 0.1) is 0 Å². The van der Waals surface area contributed by atoms with E-state index in [1.54, 1.807) is 18.2 Å². The Balaban J connectivity index is 1.77. The molecular weight excluding hydrogens is 411 g/mol. The number of hydrogen-bond donors (Lipinski definition) is 1. The van der Waals surface area contributed by atoms with E-state index >= 15 is 0 Å². The van der Waals surface area contributed by atoms with Gasteiger partial charge in [0.2, 0.25) is 5.91 Å². The Kier molecular flexibility index (Phi) is 6.89. The van der Waals surface area contributed by atoms with Crippen LogP contribution in [0.5, 0.6) is 5.75 Å². The Hall–Kier alpha value is -1.54. The van der Waals surface area contributed by atoms with Crippen molar-refractivity contribution in [2.24, 2.45) is 0 Å². The maximum Gasteiger partial charge on any atom is 0.278 e. The van der Waals surface area contributed by atoms with Crippen molar-refractivity contribution >= 4 is 54.5 Å². The fourth-order valence-electron chi connectivity index (χ4n) is 1.83. The van der Waals surface area contributed by atoms with Gasteiger partial charge in [-0.1, -0.05) is 23.2 Å². The third-order valence-corrected chi connectivity index (χ3v) is 4.72. The molecule has 0 aliphatic heterocycles. The van der Waals surface area contributed by atoms with Crippen LogP contribution in [-0.2, 0) is 13.8 Å². The van der Waals surface area contributed by atoms with E-state index in [9.17, 15) is 13.2 Å². The van der Waals surface area contributed by atoms with Gasteiger partial charge in [-0.15, -0.1) is 0 Å². The molecule has 0 bridgehead atoms. The summed E-state index contributed by atoms with van der Waals surface area (Å²) in [5.41, 5.74) is 0.371. The number of benzene rings is 1. The summed E-state index contributed by atoms with van der Waals surface area (Å²) >= 11 is 11.8. The zero-order valence-electron chi connectivity index (χ0n) is 12.7. The zero-order chi connectivity index (χ0) is 18.4. The third kappa shape index (κ3) is 6.36. The lowest BCUT2D eigenvalue weighted by Crippen LogP contribution is -2.13. The summed E-state index contributed by atoms with van der Waals surface area (Å²) in [6.45, 7) is 0.302. The highest BCUT2D eigenvalue weighted by molar-refractivity contribution is 8.13. The lowest BCUT2D eigenvalue weighted by molar-refractivity contribution is -0.116. The molecule has 0 fully saturated rings. The number of hydrogen-bond acceptors (Lipinski definition) is 5. The highest BCUT2D eigenvalue weighted by Crippen LogP contribution is 2.27. The number of carbonyl (C=O) groups is 1. The molecule has 1 aromatic carbocycles. The third-order valence-electron chi connectivity index (χ3n) is 2.97. The molecule has 1 amide bonds. The van der Waals surface area contributed by atoms with Crippen molar-refractivity contribution in [2.75, 3.05) is 11.9 Å². The number of nitrogens with zero attached hydrogens (tertiary/aromatic N) is 1. The number of anilines is 1. The van der Waals surface area contributed by atoms with Crippen molar-refractivity contribution in [1.29, 1.82) is 0 Å². The summed E-state index contributed by atoms with van der Waals surface area (Å²) in [5, 5.41) is 3.23. The van der Waals surface area contributed by atoms with Gasteiger partial charge >= 0.3 is 0 Å². The molecule has 2 aromatic rings. The number of rotatable bonds is 7. The molecule has 25 heavy (non-hydrogen) atoms. The second-order valence-electron chi connectivity index (χ2n) is 4.90. The minimum absolute atomic E-state index is 0.209. The number of ether oxygens (including phenoxy) is 1. The van der Waals surface area contributed by atoms with Crippen LogP contribution in [0.2, 0.25) is 10.0 Å². The van der Waals surface area contributed by atoms with Crippen molar-refractivity contribution < 1.29 is 17.9 Å². The van der Waals surface area contributed by atoms with Gasteiger partial charge in [-0.2, -0.15) is 0 Å². The summed E-state index contributed by atoms with van der Waals surface area (Å²) in [7, 11) is 1.28. The fraction of sp³-hybridized carbons (Fsp3) is 0.200. The first-order valence-corrected chi connectivity index (χ1v) is 10.1. The van der Waals surface area contributed by atoms with Gasteiger partial charge in [0.15, 0.2) is 5.03 Å². The van der Waals surface area contributed by atoms with Gasteiger partial charge in [0.25, 0.3) is 9.05 Å². The topological polar surface area (TPSA) is 85.4 Å². The van der Waals surface area contributed by atoms with Crippen molar-refractivity contribution in [3.63, 3.8) is 0 Å². The molecule has 10 heteroatoms. The van der Waals surface area contributed by atoms with Gasteiger partial charge < -0.3 is 10.1 Å². The van der Waals surface area contributed by atoms with Crippen LogP contribution in [0.3, 0.4) is 0 Å². The van der Waals surface area contributed by atoms with Crippen molar-refractivity contribution in [2.45, 2.75) is 17.9 Å². The van der Waals surface area contributed by atoms with E-state index in [1.165, 1.54) is 18.3 Å². The van der Waals surface area contributed by atoms with Gasteiger partial charge in [-0.05, 0) is 36.8 Å². The first-order chi connectivity index (χ1) is 11.8. The molecule has 2 rings (SSSR count). The summed E-state index contributed by atoms with van der Waals surface area (Å²) in [5.74, 6) is 0.239. The van der Waals surface area contributed by atoms with Gasteiger partial charge in [-0.25, -0.2) is 13.4 Å². The van der Waals surface area contributed by atoms with Gasteiger partial charge in [0, 0.05) is 22.1 Å². The Morgan fingerprint density at radius 3 is 2.56 bits per heavy atom. The lowest BCUT2D eigenvalue weighted by Gasteiger charge is -2.08. The Labute approximate surface area is 159 Å². The van der Waals surface area contributed by atoms with Crippen molar-refractivity contribution in [3.8, 4) is 5.75 Å². The summed E-state index contributed by atoms with van der Waals surface area (Å²) < 4.78 is 27.7. The summed E-state index contributed by atoms with van der Waals surface area (Å²) in [6.07, 6.45) is 1.89. The standard InChI is InChI=1S/C15H13Cl3N2O4S/c16-10-3-5-13(12(17)8-10)24-7-1-2-14(21)20-11-4-6-15(19-9-11)25(18,22)23/h3-6,8-9H,1-2,7H2,(H,20,21). The Morgan fingerprint density at radius 1 is 1.20 bits per heavy atom. The first kappa shape index (κ1) is 19.8. The maximum atomic E-state index is 11.8. The number of nitrogens with one attached hydrogen (secondary N) is 1. The molecular formula is C15H13Cl3N2O4S. The van der Waals surface area contributed by atoms with E-state index in [0.717, 1.165) is 0 Å². The van der Waals surface area contributed by atoms with E-state index in [4.69, 9.17) is 38.6 Å². The number of pyridine rings is 1. The monoisotopic (exact) mass is 422 g/mol. The highest BCUT2D eigenvalue weighted by Gasteiger charge is 2.11. The molecule has 0 spiro atoms. The van der Waals surface area contributed by atoms with Gasteiger partial charge in [-0.3, -0.25) is 4.79 Å². The fourth-order valence-corrected chi connectivity index (χ4v) is 2.98. The lowest BCUT2D eigenvalue weighted by atomic mass is 10.3. The average molecular weight is 424 g/mol.